The Bertz CT molecular complexity index is 556. The second kappa shape index (κ2) is 6.68. The summed E-state index contributed by atoms with van der Waals surface area (Å²) in [6, 6.07) is 7.10. The summed E-state index contributed by atoms with van der Waals surface area (Å²) in [5.74, 6) is -0.237. The van der Waals surface area contributed by atoms with Crippen LogP contribution in [0.2, 0.25) is 0 Å². The van der Waals surface area contributed by atoms with Gasteiger partial charge < -0.3 is 9.73 Å². The monoisotopic (exact) mass is 389 g/mol. The largest absolute Gasteiger partial charge is 0.457 e. The highest BCUT2D eigenvalue weighted by atomic mass is 79.9. The quantitative estimate of drug-likeness (QED) is 0.790. The lowest BCUT2D eigenvalue weighted by atomic mass is 10.0. The van der Waals surface area contributed by atoms with Crippen LogP contribution in [0.3, 0.4) is 0 Å². The molecule has 2 rings (SSSR count). The zero-order valence-corrected chi connectivity index (χ0v) is 13.6. The van der Waals surface area contributed by atoms with Gasteiger partial charge in [0.2, 0.25) is 0 Å². The number of halogens is 3. The minimum absolute atomic E-state index is 0.0798. The van der Waals surface area contributed by atoms with E-state index in [9.17, 15) is 4.39 Å². The van der Waals surface area contributed by atoms with E-state index in [0.29, 0.717) is 15.6 Å². The molecule has 102 valence electrons. The molecular weight excluding hydrogens is 377 g/mol. The van der Waals surface area contributed by atoms with Crippen LogP contribution in [0.5, 0.6) is 0 Å². The van der Waals surface area contributed by atoms with Crippen molar-refractivity contribution in [1.29, 1.82) is 0 Å². The predicted octanol–water partition coefficient (Wildman–Crippen LogP) is 4.84. The lowest BCUT2D eigenvalue weighted by Gasteiger charge is -2.18. The molecule has 1 unspecified atom stereocenters. The fourth-order valence-corrected chi connectivity index (χ4v) is 2.96. The molecule has 0 radical (unpaired) electrons. The molecule has 0 amide bonds. The van der Waals surface area contributed by atoms with Crippen LogP contribution >= 0.6 is 31.9 Å². The van der Waals surface area contributed by atoms with E-state index in [1.807, 2.05) is 19.1 Å². The van der Waals surface area contributed by atoms with Gasteiger partial charge in [-0.2, -0.15) is 0 Å². The second-order valence-corrected chi connectivity index (χ2v) is 5.69. The zero-order valence-electron chi connectivity index (χ0n) is 10.4. The molecule has 2 aromatic rings. The van der Waals surface area contributed by atoms with Gasteiger partial charge in [-0.25, -0.2) is 4.39 Å². The molecule has 0 spiro atoms. The van der Waals surface area contributed by atoms with Crippen molar-refractivity contribution in [3.63, 3.8) is 0 Å². The van der Waals surface area contributed by atoms with E-state index in [2.05, 4.69) is 37.2 Å². The molecule has 0 saturated heterocycles. The van der Waals surface area contributed by atoms with Gasteiger partial charge >= 0.3 is 0 Å². The highest BCUT2D eigenvalue weighted by Crippen LogP contribution is 2.30. The van der Waals surface area contributed by atoms with E-state index in [0.717, 1.165) is 17.7 Å². The first-order valence-electron chi connectivity index (χ1n) is 6.02. The molecular formula is C14H14Br2FNO. The smallest absolute Gasteiger partial charge is 0.173 e. The summed E-state index contributed by atoms with van der Waals surface area (Å²) in [5, 5.41) is 3.39. The SMILES string of the molecule is CCNC(Cc1cccc(F)c1Br)c1ccoc1Br. The number of nitrogens with one attached hydrogen (secondary N) is 1. The van der Waals surface area contributed by atoms with Crippen LogP contribution in [0.15, 0.2) is 44.1 Å². The van der Waals surface area contributed by atoms with E-state index >= 15 is 0 Å². The highest BCUT2D eigenvalue weighted by molar-refractivity contribution is 9.10. The molecule has 0 aliphatic rings. The molecule has 1 atom stereocenters. The van der Waals surface area contributed by atoms with Gasteiger partial charge in [0.1, 0.15) is 5.82 Å². The summed E-state index contributed by atoms with van der Waals surface area (Å²) < 4.78 is 20.1. The molecule has 5 heteroatoms. The summed E-state index contributed by atoms with van der Waals surface area (Å²) >= 11 is 6.69. The maximum atomic E-state index is 13.5. The van der Waals surface area contributed by atoms with Crippen molar-refractivity contribution in [3.8, 4) is 0 Å². The summed E-state index contributed by atoms with van der Waals surface area (Å²) in [6.07, 6.45) is 2.33. The van der Waals surface area contributed by atoms with Crippen LogP contribution < -0.4 is 5.32 Å². The standard InChI is InChI=1S/C14H14Br2FNO/c1-2-18-12(10-6-7-19-14(10)16)8-9-4-3-5-11(17)13(9)15/h3-7,12,18H,2,8H2,1H3. The average molecular weight is 391 g/mol. The van der Waals surface area contributed by atoms with Gasteiger partial charge in [0.05, 0.1) is 10.7 Å². The van der Waals surface area contributed by atoms with Crippen molar-refractivity contribution < 1.29 is 8.81 Å². The van der Waals surface area contributed by atoms with Crippen molar-refractivity contribution in [3.05, 3.63) is 56.6 Å². The third kappa shape index (κ3) is 3.46. The topological polar surface area (TPSA) is 25.2 Å². The van der Waals surface area contributed by atoms with E-state index in [1.165, 1.54) is 6.07 Å². The summed E-state index contributed by atoms with van der Waals surface area (Å²) in [6.45, 7) is 2.87. The second-order valence-electron chi connectivity index (χ2n) is 4.18. The van der Waals surface area contributed by atoms with Crippen molar-refractivity contribution >= 4 is 31.9 Å². The Kier molecular flexibility index (Phi) is 5.19. The molecule has 19 heavy (non-hydrogen) atoms. The predicted molar refractivity (Wildman–Crippen MR) is 80.6 cm³/mol. The molecule has 0 bridgehead atoms. The van der Waals surface area contributed by atoms with Crippen molar-refractivity contribution in [2.75, 3.05) is 6.54 Å². The number of benzene rings is 1. The van der Waals surface area contributed by atoms with Crippen LogP contribution in [-0.4, -0.2) is 6.54 Å². The zero-order chi connectivity index (χ0) is 13.8. The van der Waals surface area contributed by atoms with Crippen molar-refractivity contribution in [2.45, 2.75) is 19.4 Å². The van der Waals surface area contributed by atoms with Crippen LogP contribution in [0.25, 0.3) is 0 Å². The molecule has 0 saturated carbocycles. The van der Waals surface area contributed by atoms with Gasteiger partial charge in [0, 0.05) is 11.6 Å². The van der Waals surface area contributed by atoms with E-state index in [4.69, 9.17) is 4.42 Å². The summed E-state index contributed by atoms with van der Waals surface area (Å²) in [4.78, 5) is 0. The Labute approximate surface area is 128 Å². The first-order valence-corrected chi connectivity index (χ1v) is 7.61. The first kappa shape index (κ1) is 14.8. The molecule has 1 aromatic heterocycles. The molecule has 0 aliphatic carbocycles. The highest BCUT2D eigenvalue weighted by Gasteiger charge is 2.18. The van der Waals surface area contributed by atoms with Gasteiger partial charge in [-0.1, -0.05) is 19.1 Å². The third-order valence-corrected chi connectivity index (χ3v) is 4.46. The average Bonchev–Trinajstić information content (AvgIpc) is 2.80. The van der Waals surface area contributed by atoms with Crippen LogP contribution in [-0.2, 0) is 6.42 Å². The Hall–Kier alpha value is -0.650. The Balaban J connectivity index is 2.27. The number of rotatable bonds is 5. The minimum atomic E-state index is -0.237. The maximum Gasteiger partial charge on any atom is 0.173 e. The van der Waals surface area contributed by atoms with E-state index < -0.39 is 0 Å². The minimum Gasteiger partial charge on any atom is -0.457 e. The normalized spacial score (nSPS) is 12.6. The third-order valence-electron chi connectivity index (χ3n) is 2.93. The fraction of sp³-hybridized carbons (Fsp3) is 0.286. The van der Waals surface area contributed by atoms with Gasteiger partial charge in [0.25, 0.3) is 0 Å². The van der Waals surface area contributed by atoms with Crippen LogP contribution in [0, 0.1) is 5.82 Å². The lowest BCUT2D eigenvalue weighted by Crippen LogP contribution is -2.23. The van der Waals surface area contributed by atoms with Crippen LogP contribution in [0.4, 0.5) is 4.39 Å². The van der Waals surface area contributed by atoms with Gasteiger partial charge in [-0.15, -0.1) is 0 Å². The summed E-state index contributed by atoms with van der Waals surface area (Å²) in [5.41, 5.74) is 1.97. The number of likely N-dealkylation sites (N-methyl/N-ethyl adjacent to an activating group) is 1. The molecule has 1 aromatic carbocycles. The van der Waals surface area contributed by atoms with Crippen molar-refractivity contribution in [1.82, 2.24) is 5.32 Å². The lowest BCUT2D eigenvalue weighted by molar-refractivity contribution is 0.505. The van der Waals surface area contributed by atoms with E-state index in [1.54, 1.807) is 12.3 Å². The number of furan rings is 1. The Morgan fingerprint density at radius 3 is 2.74 bits per heavy atom. The molecule has 0 aliphatic heterocycles. The Morgan fingerprint density at radius 1 is 1.32 bits per heavy atom. The number of hydrogen-bond acceptors (Lipinski definition) is 2. The fourth-order valence-electron chi connectivity index (χ4n) is 2.02. The van der Waals surface area contributed by atoms with Gasteiger partial charge in [-0.3, -0.25) is 0 Å². The van der Waals surface area contributed by atoms with Gasteiger partial charge in [0.15, 0.2) is 4.67 Å². The number of hydrogen-bond donors (Lipinski definition) is 1. The summed E-state index contributed by atoms with van der Waals surface area (Å²) in [7, 11) is 0. The van der Waals surface area contributed by atoms with E-state index in [-0.39, 0.29) is 11.9 Å². The van der Waals surface area contributed by atoms with Crippen molar-refractivity contribution in [2.24, 2.45) is 0 Å². The molecule has 0 fully saturated rings. The Morgan fingerprint density at radius 2 is 2.11 bits per heavy atom. The maximum absolute atomic E-state index is 13.5. The molecule has 1 N–H and O–H groups in total. The van der Waals surface area contributed by atoms with Gasteiger partial charge in [-0.05, 0) is 62.5 Å². The first-order chi connectivity index (χ1) is 9.13. The van der Waals surface area contributed by atoms with Crippen LogP contribution in [0.1, 0.15) is 24.1 Å². The molecule has 2 nitrogen and oxygen atoms in total. The molecule has 1 heterocycles.